The number of sulfone groups is 1. The Morgan fingerprint density at radius 2 is 1.87 bits per heavy atom. The van der Waals surface area contributed by atoms with Crippen molar-refractivity contribution in [2.45, 2.75) is 10.1 Å². The summed E-state index contributed by atoms with van der Waals surface area (Å²) >= 11 is 0. The molecule has 0 fully saturated rings. The molecule has 15 heavy (non-hydrogen) atoms. The van der Waals surface area contributed by atoms with Gasteiger partial charge in [0.15, 0.2) is 9.84 Å². The van der Waals surface area contributed by atoms with Crippen molar-refractivity contribution in [2.75, 3.05) is 5.75 Å². The van der Waals surface area contributed by atoms with Gasteiger partial charge in [0, 0.05) is 0 Å². The minimum Gasteiger partial charge on any atom is -0.228 e. The van der Waals surface area contributed by atoms with E-state index in [1.54, 1.807) is 12.1 Å². The molecule has 1 aromatic carbocycles. The molecule has 2 N–H and O–H groups in total. The fraction of sp³-hybridized carbons (Fsp3) is 0.250. The SMILES string of the molecule is NS(=O)(=O)[C@@H]1CS(=O)(=O)c2ccccc21. The van der Waals surface area contributed by atoms with Crippen LogP contribution >= 0.6 is 0 Å². The monoisotopic (exact) mass is 247 g/mol. The summed E-state index contributed by atoms with van der Waals surface area (Å²) in [7, 11) is -7.36. The lowest BCUT2D eigenvalue weighted by molar-refractivity contribution is 0.583. The van der Waals surface area contributed by atoms with Gasteiger partial charge in [0.05, 0.1) is 10.6 Å². The van der Waals surface area contributed by atoms with Gasteiger partial charge in [0.25, 0.3) is 0 Å². The second-order valence-electron chi connectivity index (χ2n) is 3.40. The minimum atomic E-state index is -3.87. The highest BCUT2D eigenvalue weighted by Crippen LogP contribution is 2.36. The van der Waals surface area contributed by atoms with Gasteiger partial charge in [0.2, 0.25) is 10.0 Å². The fourth-order valence-electron chi connectivity index (χ4n) is 1.68. The largest absolute Gasteiger partial charge is 0.228 e. The van der Waals surface area contributed by atoms with E-state index in [1.165, 1.54) is 12.1 Å². The number of hydrogen-bond acceptors (Lipinski definition) is 4. The molecule has 2 rings (SSSR count). The molecule has 0 amide bonds. The molecular formula is C8H9NO4S2. The van der Waals surface area contributed by atoms with Crippen LogP contribution in [0.5, 0.6) is 0 Å². The predicted molar refractivity (Wildman–Crippen MR) is 54.3 cm³/mol. The molecular weight excluding hydrogens is 238 g/mol. The minimum absolute atomic E-state index is 0.0732. The molecule has 0 aliphatic carbocycles. The topological polar surface area (TPSA) is 94.3 Å². The molecule has 5 nitrogen and oxygen atoms in total. The molecule has 0 saturated heterocycles. The molecule has 0 radical (unpaired) electrons. The van der Waals surface area contributed by atoms with Gasteiger partial charge >= 0.3 is 0 Å². The third-order valence-electron chi connectivity index (χ3n) is 2.37. The van der Waals surface area contributed by atoms with Gasteiger partial charge in [-0.25, -0.2) is 22.0 Å². The molecule has 0 bridgehead atoms. The Labute approximate surface area is 87.9 Å². The number of benzene rings is 1. The van der Waals surface area contributed by atoms with Gasteiger partial charge in [-0.05, 0) is 11.6 Å². The molecule has 0 spiro atoms. The van der Waals surface area contributed by atoms with Crippen molar-refractivity contribution in [3.8, 4) is 0 Å². The second kappa shape index (κ2) is 3.03. The first-order valence-electron chi connectivity index (χ1n) is 4.16. The third kappa shape index (κ3) is 1.66. The predicted octanol–water partition coefficient (Wildman–Crippen LogP) is -0.197. The summed E-state index contributed by atoms with van der Waals surface area (Å²) in [5, 5.41) is 3.86. The first kappa shape index (κ1) is 10.6. The van der Waals surface area contributed by atoms with Crippen LogP contribution in [0.25, 0.3) is 0 Å². The third-order valence-corrected chi connectivity index (χ3v) is 5.61. The second-order valence-corrected chi connectivity index (χ2v) is 7.15. The standard InChI is InChI=1S/C8H9NO4S2/c9-15(12,13)8-5-14(10,11)7-4-2-1-3-6(7)8/h1-4,8H,5H2,(H2,9,12,13)/t8-/m1/s1. The fourth-order valence-corrected chi connectivity index (χ4v) is 5.22. The first-order chi connectivity index (χ1) is 6.82. The highest BCUT2D eigenvalue weighted by molar-refractivity contribution is 7.95. The molecule has 1 heterocycles. The average Bonchev–Trinajstić information content (AvgIpc) is 2.39. The number of sulfonamides is 1. The summed E-state index contributed by atoms with van der Waals surface area (Å²) in [6.07, 6.45) is 0. The van der Waals surface area contributed by atoms with Crippen LogP contribution in [0.2, 0.25) is 0 Å². The lowest BCUT2D eigenvalue weighted by Crippen LogP contribution is -2.22. The molecule has 1 atom stereocenters. The van der Waals surface area contributed by atoms with Crippen LogP contribution in [0.3, 0.4) is 0 Å². The Kier molecular flexibility index (Phi) is 2.14. The summed E-state index contributed by atoms with van der Waals surface area (Å²) in [5.74, 6) is -0.453. The van der Waals surface area contributed by atoms with Crippen LogP contribution < -0.4 is 5.14 Å². The van der Waals surface area contributed by atoms with Gasteiger partial charge in [0.1, 0.15) is 5.25 Å². The van der Waals surface area contributed by atoms with E-state index in [0.29, 0.717) is 0 Å². The van der Waals surface area contributed by atoms with E-state index in [-0.39, 0.29) is 10.5 Å². The average molecular weight is 247 g/mol. The van der Waals surface area contributed by atoms with Crippen LogP contribution in [-0.2, 0) is 19.9 Å². The van der Waals surface area contributed by atoms with E-state index in [9.17, 15) is 16.8 Å². The Morgan fingerprint density at radius 1 is 1.27 bits per heavy atom. The molecule has 82 valence electrons. The van der Waals surface area contributed by atoms with Crippen LogP contribution in [0, 0.1) is 0 Å². The maximum Gasteiger partial charge on any atom is 0.217 e. The van der Waals surface area contributed by atoms with Gasteiger partial charge in [-0.15, -0.1) is 0 Å². The van der Waals surface area contributed by atoms with Crippen molar-refractivity contribution in [3.63, 3.8) is 0 Å². The Bertz CT molecular complexity index is 603. The van der Waals surface area contributed by atoms with E-state index < -0.39 is 30.9 Å². The Morgan fingerprint density at radius 3 is 2.47 bits per heavy atom. The zero-order valence-electron chi connectivity index (χ0n) is 7.62. The Hall–Kier alpha value is -0.920. The lowest BCUT2D eigenvalue weighted by Gasteiger charge is -2.05. The quantitative estimate of drug-likeness (QED) is 0.743. The zero-order valence-corrected chi connectivity index (χ0v) is 9.25. The lowest BCUT2D eigenvalue weighted by atomic mass is 10.2. The van der Waals surface area contributed by atoms with Crippen molar-refractivity contribution in [1.29, 1.82) is 0 Å². The number of hydrogen-bond donors (Lipinski definition) is 1. The van der Waals surface area contributed by atoms with E-state index in [4.69, 9.17) is 5.14 Å². The highest BCUT2D eigenvalue weighted by Gasteiger charge is 2.40. The van der Waals surface area contributed by atoms with E-state index >= 15 is 0 Å². The summed E-state index contributed by atoms with van der Waals surface area (Å²) in [6, 6.07) is 6.03. The molecule has 1 aliphatic heterocycles. The summed E-state index contributed by atoms with van der Waals surface area (Å²) < 4.78 is 45.6. The van der Waals surface area contributed by atoms with Gasteiger partial charge in [-0.2, -0.15) is 0 Å². The molecule has 1 aliphatic rings. The van der Waals surface area contributed by atoms with E-state index in [1.807, 2.05) is 0 Å². The Balaban J connectivity index is 2.73. The van der Waals surface area contributed by atoms with Crippen molar-refractivity contribution in [2.24, 2.45) is 5.14 Å². The van der Waals surface area contributed by atoms with Gasteiger partial charge < -0.3 is 0 Å². The first-order valence-corrected chi connectivity index (χ1v) is 7.42. The number of fused-ring (bicyclic) bond motifs is 1. The summed E-state index contributed by atoms with van der Waals surface area (Å²) in [4.78, 5) is 0.0732. The van der Waals surface area contributed by atoms with Gasteiger partial charge in [-0.1, -0.05) is 18.2 Å². The maximum atomic E-state index is 11.6. The van der Waals surface area contributed by atoms with Crippen molar-refractivity contribution in [1.82, 2.24) is 0 Å². The van der Waals surface area contributed by atoms with Crippen molar-refractivity contribution >= 4 is 19.9 Å². The van der Waals surface area contributed by atoms with Crippen LogP contribution in [0.1, 0.15) is 10.8 Å². The number of rotatable bonds is 1. The van der Waals surface area contributed by atoms with E-state index in [2.05, 4.69) is 0 Å². The molecule has 0 aromatic heterocycles. The molecule has 0 unspecified atom stereocenters. The van der Waals surface area contributed by atoms with Crippen LogP contribution in [-0.4, -0.2) is 22.6 Å². The van der Waals surface area contributed by atoms with Crippen LogP contribution in [0.15, 0.2) is 29.2 Å². The van der Waals surface area contributed by atoms with Crippen molar-refractivity contribution in [3.05, 3.63) is 29.8 Å². The number of nitrogens with two attached hydrogens (primary N) is 1. The van der Waals surface area contributed by atoms with Crippen LogP contribution in [0.4, 0.5) is 0 Å². The number of primary sulfonamides is 1. The maximum absolute atomic E-state index is 11.6. The summed E-state index contributed by atoms with van der Waals surface area (Å²) in [5.41, 5.74) is 0.278. The normalized spacial score (nSPS) is 23.7. The smallest absolute Gasteiger partial charge is 0.217 e. The summed E-state index contributed by atoms with van der Waals surface area (Å²) in [6.45, 7) is 0. The van der Waals surface area contributed by atoms with Gasteiger partial charge in [-0.3, -0.25) is 0 Å². The van der Waals surface area contributed by atoms with Crippen molar-refractivity contribution < 1.29 is 16.8 Å². The van der Waals surface area contributed by atoms with E-state index in [0.717, 1.165) is 0 Å². The molecule has 0 saturated carbocycles. The molecule has 1 aromatic rings. The highest BCUT2D eigenvalue weighted by atomic mass is 32.2. The zero-order chi connectivity index (χ0) is 11.3. The molecule has 7 heteroatoms.